The molecule has 3 atom stereocenters. The lowest BCUT2D eigenvalue weighted by Crippen LogP contribution is -2.25. The highest BCUT2D eigenvalue weighted by Gasteiger charge is 2.39. The van der Waals surface area contributed by atoms with Crippen LogP contribution >= 0.6 is 0 Å². The lowest BCUT2D eigenvalue weighted by molar-refractivity contribution is 0.338. The molecule has 29 heavy (non-hydrogen) atoms. The highest BCUT2D eigenvalue weighted by molar-refractivity contribution is 5.85. The zero-order valence-corrected chi connectivity index (χ0v) is 16.5. The van der Waals surface area contributed by atoms with E-state index >= 15 is 0 Å². The molecule has 148 valence electrons. The normalized spacial score (nSPS) is 23.3. The third-order valence-corrected chi connectivity index (χ3v) is 6.19. The van der Waals surface area contributed by atoms with E-state index in [9.17, 15) is 5.26 Å². The molecule has 7 nitrogen and oxygen atoms in total. The highest BCUT2D eigenvalue weighted by Crippen LogP contribution is 2.39. The largest absolute Gasteiger partial charge is 0.492 e. The van der Waals surface area contributed by atoms with E-state index in [1.165, 1.54) is 0 Å². The van der Waals surface area contributed by atoms with Crippen molar-refractivity contribution in [3.8, 4) is 22.9 Å². The molecule has 3 aromatic rings. The van der Waals surface area contributed by atoms with Crippen LogP contribution in [0.15, 0.2) is 36.8 Å². The maximum absolute atomic E-state index is 9.49. The number of nitrogens with two attached hydrogens (primary N) is 1. The Labute approximate surface area is 169 Å². The predicted octanol–water partition coefficient (Wildman–Crippen LogP) is 2.84. The van der Waals surface area contributed by atoms with E-state index in [0.717, 1.165) is 54.1 Å². The van der Waals surface area contributed by atoms with Crippen molar-refractivity contribution in [2.75, 3.05) is 24.6 Å². The van der Waals surface area contributed by atoms with Crippen LogP contribution < -0.4 is 15.4 Å². The summed E-state index contributed by atoms with van der Waals surface area (Å²) in [4.78, 5) is 7.12. The Morgan fingerprint density at radius 1 is 1.24 bits per heavy atom. The minimum atomic E-state index is 0.368. The van der Waals surface area contributed by atoms with E-state index in [0.29, 0.717) is 30.0 Å². The zero-order chi connectivity index (χ0) is 20.0. The summed E-state index contributed by atoms with van der Waals surface area (Å²) in [7, 11) is 0. The van der Waals surface area contributed by atoms with E-state index < -0.39 is 0 Å². The van der Waals surface area contributed by atoms with Crippen LogP contribution in [0.5, 0.6) is 5.75 Å². The lowest BCUT2D eigenvalue weighted by Gasteiger charge is -2.19. The summed E-state index contributed by atoms with van der Waals surface area (Å²) >= 11 is 0. The van der Waals surface area contributed by atoms with E-state index in [2.05, 4.69) is 28.2 Å². The second kappa shape index (κ2) is 7.05. The first kappa shape index (κ1) is 18.0. The molecule has 0 aromatic carbocycles. The molecule has 0 spiro atoms. The molecular weight excluding hydrogens is 364 g/mol. The summed E-state index contributed by atoms with van der Waals surface area (Å²) in [6, 6.07) is 8.70. The molecule has 1 saturated carbocycles. The van der Waals surface area contributed by atoms with Gasteiger partial charge in [0.15, 0.2) is 0 Å². The molecule has 1 aliphatic carbocycles. The van der Waals surface area contributed by atoms with Gasteiger partial charge in [0.2, 0.25) is 0 Å². The summed E-state index contributed by atoms with van der Waals surface area (Å²) < 4.78 is 7.40. The maximum Gasteiger partial charge on any atom is 0.138 e. The van der Waals surface area contributed by atoms with Crippen LogP contribution in [-0.2, 0) is 0 Å². The Kier molecular flexibility index (Phi) is 4.36. The zero-order valence-electron chi connectivity index (χ0n) is 16.5. The number of hydrogen-bond donors (Lipinski definition) is 1. The maximum atomic E-state index is 9.49. The Balaban J connectivity index is 1.48. The third-order valence-electron chi connectivity index (χ3n) is 6.19. The molecule has 2 fully saturated rings. The van der Waals surface area contributed by atoms with E-state index in [1.807, 2.05) is 19.2 Å². The van der Waals surface area contributed by atoms with Crippen LogP contribution in [0.3, 0.4) is 0 Å². The Morgan fingerprint density at radius 3 is 2.69 bits per heavy atom. The molecule has 1 saturated heterocycles. The van der Waals surface area contributed by atoms with Gasteiger partial charge in [0.25, 0.3) is 0 Å². The van der Waals surface area contributed by atoms with Crippen LogP contribution in [-0.4, -0.2) is 40.3 Å². The Hall–Kier alpha value is -3.11. The average Bonchev–Trinajstić information content (AvgIpc) is 3.40. The molecule has 3 aromatic heterocycles. The number of anilines is 1. The van der Waals surface area contributed by atoms with Gasteiger partial charge in [-0.3, -0.25) is 0 Å². The summed E-state index contributed by atoms with van der Waals surface area (Å²) in [5.41, 5.74) is 9.26. The van der Waals surface area contributed by atoms with E-state index in [-0.39, 0.29) is 0 Å². The first-order valence-electron chi connectivity index (χ1n) is 10.2. The van der Waals surface area contributed by atoms with Crippen LogP contribution in [0.4, 0.5) is 5.82 Å². The number of aromatic nitrogens is 3. The van der Waals surface area contributed by atoms with Gasteiger partial charge < -0.3 is 15.4 Å². The molecule has 0 bridgehead atoms. The molecule has 7 heteroatoms. The minimum Gasteiger partial charge on any atom is -0.492 e. The van der Waals surface area contributed by atoms with Gasteiger partial charge in [0, 0.05) is 36.5 Å². The van der Waals surface area contributed by atoms with Crippen LogP contribution in [0.2, 0.25) is 0 Å². The first-order valence-corrected chi connectivity index (χ1v) is 10.2. The summed E-state index contributed by atoms with van der Waals surface area (Å²) in [6.45, 7) is 4.59. The number of rotatable bonds is 4. The van der Waals surface area contributed by atoms with E-state index in [4.69, 9.17) is 15.5 Å². The molecule has 4 heterocycles. The van der Waals surface area contributed by atoms with Gasteiger partial charge in [-0.2, -0.15) is 10.4 Å². The fourth-order valence-corrected chi connectivity index (χ4v) is 4.91. The number of hydrogen-bond acceptors (Lipinski definition) is 6. The molecule has 0 radical (unpaired) electrons. The molecule has 0 amide bonds. The number of fused-ring (bicyclic) bond motifs is 2. The molecule has 2 N–H and O–H groups in total. The van der Waals surface area contributed by atoms with Crippen LogP contribution in [0.25, 0.3) is 16.6 Å². The van der Waals surface area contributed by atoms with Gasteiger partial charge in [-0.15, -0.1) is 0 Å². The van der Waals surface area contributed by atoms with Crippen LogP contribution in [0, 0.1) is 23.2 Å². The van der Waals surface area contributed by atoms with Crippen molar-refractivity contribution >= 4 is 11.3 Å². The van der Waals surface area contributed by atoms with Crippen molar-refractivity contribution in [2.45, 2.75) is 25.8 Å². The average molecular weight is 388 g/mol. The highest BCUT2D eigenvalue weighted by atomic mass is 16.5. The van der Waals surface area contributed by atoms with Crippen molar-refractivity contribution in [1.82, 2.24) is 14.6 Å². The van der Waals surface area contributed by atoms with Crippen molar-refractivity contribution in [1.29, 1.82) is 5.26 Å². The van der Waals surface area contributed by atoms with Gasteiger partial charge in [-0.05, 0) is 49.8 Å². The predicted molar refractivity (Wildman–Crippen MR) is 111 cm³/mol. The molecule has 2 aliphatic rings. The molecule has 5 rings (SSSR count). The molecule has 1 aliphatic heterocycles. The monoisotopic (exact) mass is 388 g/mol. The fourth-order valence-electron chi connectivity index (χ4n) is 4.91. The number of nitrogens with zero attached hydrogens (tertiary/aromatic N) is 5. The quantitative estimate of drug-likeness (QED) is 0.739. The van der Waals surface area contributed by atoms with Crippen LogP contribution in [0.1, 0.15) is 25.3 Å². The van der Waals surface area contributed by atoms with E-state index in [1.54, 1.807) is 16.9 Å². The second-order valence-corrected chi connectivity index (χ2v) is 8.05. The number of ether oxygens (including phenoxy) is 1. The van der Waals surface area contributed by atoms with Gasteiger partial charge in [-0.1, -0.05) is 0 Å². The fraction of sp³-hybridized carbons (Fsp3) is 0.409. The van der Waals surface area contributed by atoms with Crippen molar-refractivity contribution in [2.24, 2.45) is 17.6 Å². The summed E-state index contributed by atoms with van der Waals surface area (Å²) in [6.07, 6.45) is 7.52. The number of nitriles is 1. The smallest absolute Gasteiger partial charge is 0.138 e. The minimum absolute atomic E-state index is 0.368. The Bertz CT molecular complexity index is 1070. The first-order chi connectivity index (χ1) is 14.2. The van der Waals surface area contributed by atoms with Gasteiger partial charge in [-0.25, -0.2) is 9.50 Å². The lowest BCUT2D eigenvalue weighted by atomic mass is 10.0. The third kappa shape index (κ3) is 3.10. The molecular formula is C22H24N6O. The van der Waals surface area contributed by atoms with Crippen molar-refractivity contribution in [3.63, 3.8) is 0 Å². The van der Waals surface area contributed by atoms with Crippen molar-refractivity contribution in [3.05, 3.63) is 42.4 Å². The number of pyridine rings is 2. The SMILES string of the molecule is CCOc1cc(-c2ccc(N3C[C@H]4C[C@H](N)C[C@H]4C3)nc2)c2c(C#N)cnn2c1. The topological polar surface area (TPSA) is 92.5 Å². The van der Waals surface area contributed by atoms with Gasteiger partial charge in [0.1, 0.15) is 17.6 Å². The van der Waals surface area contributed by atoms with Gasteiger partial charge in [0.05, 0.1) is 30.1 Å². The van der Waals surface area contributed by atoms with Gasteiger partial charge >= 0.3 is 0 Å². The summed E-state index contributed by atoms with van der Waals surface area (Å²) in [5, 5.41) is 13.8. The second-order valence-electron chi connectivity index (χ2n) is 8.05. The standard InChI is InChI=1S/C22H24N6O/c1-2-29-19-7-20(22-17(8-23)10-26-28(22)13-19)14-3-4-21(25-9-14)27-11-15-5-18(24)6-16(15)12-27/h3-4,7,9-10,13,15-16,18H,2,5-6,11-12,24H2,1H3/t15-,16+,18+. The Morgan fingerprint density at radius 2 is 2.03 bits per heavy atom. The van der Waals surface area contributed by atoms with Crippen molar-refractivity contribution < 1.29 is 4.74 Å². The summed E-state index contributed by atoms with van der Waals surface area (Å²) in [5.74, 6) is 3.11. The molecule has 0 unspecified atom stereocenters.